The molecule has 1 heterocycles. The highest BCUT2D eigenvalue weighted by Gasteiger charge is 2.48. The molecule has 8 aromatic carbocycles. The van der Waals surface area contributed by atoms with Crippen LogP contribution in [0.25, 0.3) is 21.9 Å². The molecule has 0 saturated heterocycles. The molecule has 1 aliphatic heterocycles. The second kappa shape index (κ2) is 12.3. The van der Waals surface area contributed by atoms with E-state index in [1.165, 1.54) is 33.0 Å². The third-order valence-corrected chi connectivity index (χ3v) is 10.5. The van der Waals surface area contributed by atoms with E-state index in [0.29, 0.717) is 23.8 Å². The molecule has 8 aromatic rings. The van der Waals surface area contributed by atoms with Crippen molar-refractivity contribution in [1.82, 2.24) is 0 Å². The molecule has 246 valence electrons. The summed E-state index contributed by atoms with van der Waals surface area (Å²) >= 11 is 0. The largest absolute Gasteiger partial charge is 0.449 e. The second-order valence-electron chi connectivity index (χ2n) is 13.4. The highest BCUT2D eigenvalue weighted by Crippen LogP contribution is 2.62. The zero-order valence-corrected chi connectivity index (χ0v) is 28.4. The van der Waals surface area contributed by atoms with Crippen LogP contribution in [0.5, 0.6) is 23.0 Å². The summed E-state index contributed by atoms with van der Waals surface area (Å²) in [6.07, 6.45) is 0. The van der Waals surface area contributed by atoms with Gasteiger partial charge in [0.15, 0.2) is 23.0 Å². The van der Waals surface area contributed by atoms with Crippen LogP contribution in [0.1, 0.15) is 38.9 Å². The van der Waals surface area contributed by atoms with Gasteiger partial charge in [0.05, 0.1) is 17.7 Å². The summed E-state index contributed by atoms with van der Waals surface area (Å²) in [6.45, 7) is 0.566. The van der Waals surface area contributed by atoms with Gasteiger partial charge in [0, 0.05) is 16.7 Å². The van der Waals surface area contributed by atoms with Crippen LogP contribution < -0.4 is 9.47 Å². The maximum atomic E-state index is 6.90. The van der Waals surface area contributed by atoms with E-state index in [1.54, 1.807) is 0 Å². The number of benzene rings is 8. The van der Waals surface area contributed by atoms with E-state index < -0.39 is 5.41 Å². The molecule has 2 aliphatic rings. The van der Waals surface area contributed by atoms with Crippen molar-refractivity contribution in [3.05, 3.63) is 227 Å². The number of aliphatic imine (C=N–C) groups is 1. The third kappa shape index (κ3) is 4.78. The highest BCUT2D eigenvalue weighted by molar-refractivity contribution is 6.14. The molecule has 0 radical (unpaired) electrons. The molecule has 0 spiro atoms. The number of hydrogen-bond acceptors (Lipinski definition) is 3. The normalized spacial score (nSPS) is 13.7. The van der Waals surface area contributed by atoms with Crippen molar-refractivity contribution >= 4 is 16.5 Å². The van der Waals surface area contributed by atoms with E-state index in [1.807, 2.05) is 12.1 Å². The van der Waals surface area contributed by atoms with Gasteiger partial charge in [-0.2, -0.15) is 0 Å². The average Bonchev–Trinajstić information content (AvgIpc) is 3.52. The first kappa shape index (κ1) is 30.1. The van der Waals surface area contributed by atoms with E-state index in [-0.39, 0.29) is 0 Å². The van der Waals surface area contributed by atoms with Gasteiger partial charge in [-0.15, -0.1) is 0 Å². The Morgan fingerprint density at radius 2 is 1.08 bits per heavy atom. The molecule has 3 heteroatoms. The van der Waals surface area contributed by atoms with Crippen LogP contribution in [0, 0.1) is 0 Å². The van der Waals surface area contributed by atoms with Crippen molar-refractivity contribution in [3.8, 4) is 34.1 Å². The molecular weight excluding hydrogens is 635 g/mol. The molecule has 1 aliphatic carbocycles. The van der Waals surface area contributed by atoms with E-state index in [0.717, 1.165) is 39.3 Å². The van der Waals surface area contributed by atoms with Gasteiger partial charge in [0.1, 0.15) is 0 Å². The van der Waals surface area contributed by atoms with Crippen molar-refractivity contribution < 1.29 is 9.47 Å². The summed E-state index contributed by atoms with van der Waals surface area (Å²) in [4.78, 5) is 5.20. The summed E-state index contributed by atoms with van der Waals surface area (Å²) in [6, 6.07) is 66.2. The number of hydrogen-bond donors (Lipinski definition) is 0. The van der Waals surface area contributed by atoms with E-state index in [2.05, 4.69) is 176 Å². The first-order valence-electron chi connectivity index (χ1n) is 17.7. The minimum atomic E-state index is -0.513. The molecule has 0 amide bonds. The number of fused-ring (bicyclic) bond motifs is 7. The van der Waals surface area contributed by atoms with Crippen LogP contribution in [-0.2, 0) is 12.0 Å². The molecule has 0 fully saturated rings. The molecule has 0 aromatic heterocycles. The maximum Gasteiger partial charge on any atom is 0.178 e. The first-order valence-corrected chi connectivity index (χ1v) is 17.7. The predicted octanol–water partition coefficient (Wildman–Crippen LogP) is 12.1. The lowest BCUT2D eigenvalue weighted by molar-refractivity contribution is 0.360. The Labute approximate surface area is 303 Å². The van der Waals surface area contributed by atoms with Crippen molar-refractivity contribution in [3.63, 3.8) is 0 Å². The number of rotatable bonds is 6. The monoisotopic (exact) mass is 667 g/mol. The lowest BCUT2D eigenvalue weighted by atomic mass is 9.68. The summed E-state index contributed by atoms with van der Waals surface area (Å²) in [7, 11) is 0. The lowest BCUT2D eigenvalue weighted by Gasteiger charge is -2.34. The molecule has 52 heavy (non-hydrogen) atoms. The zero-order chi connectivity index (χ0) is 34.5. The van der Waals surface area contributed by atoms with E-state index in [9.17, 15) is 0 Å². The maximum absolute atomic E-state index is 6.90. The van der Waals surface area contributed by atoms with Gasteiger partial charge in [0.2, 0.25) is 0 Å². The van der Waals surface area contributed by atoms with Crippen LogP contribution in [0.4, 0.5) is 0 Å². The Hall–Kier alpha value is -6.71. The molecule has 0 saturated carbocycles. The Morgan fingerprint density at radius 3 is 1.85 bits per heavy atom. The zero-order valence-electron chi connectivity index (χ0n) is 28.4. The van der Waals surface area contributed by atoms with Gasteiger partial charge in [-0.25, -0.2) is 0 Å². The quantitative estimate of drug-likeness (QED) is 0.165. The van der Waals surface area contributed by atoms with Crippen LogP contribution >= 0.6 is 0 Å². The smallest absolute Gasteiger partial charge is 0.178 e. The Kier molecular flexibility index (Phi) is 7.10. The minimum absolute atomic E-state index is 0.513. The SMILES string of the molecule is c1ccc(CN=C(c2ccc3c(c2)Oc2ccc4c(c2O3)-c2ccccc2C4(c2ccccc2)c2ccccc2)c2ccc3ccccc3c2)cc1. The third-order valence-electron chi connectivity index (χ3n) is 10.5. The topological polar surface area (TPSA) is 30.8 Å². The van der Waals surface area contributed by atoms with E-state index >= 15 is 0 Å². The van der Waals surface area contributed by atoms with Gasteiger partial charge in [-0.05, 0) is 74.5 Å². The standard InChI is InChI=1S/C49H33NO2/c1-4-14-33(15-5-1)32-50-47(36-25-24-34-16-10-11-17-35(34)30-36)37-26-28-43-45(31-37)51-44-29-27-42-46(48(44)52-43)40-22-12-13-23-41(40)49(42,38-18-6-2-7-19-38)39-20-8-3-9-21-39/h1-31H,32H2. The molecule has 3 nitrogen and oxygen atoms in total. The molecular formula is C49H33NO2. The van der Waals surface area contributed by atoms with Crippen LogP contribution in [0.2, 0.25) is 0 Å². The Balaban J connectivity index is 1.10. The Bertz CT molecular complexity index is 2610. The van der Waals surface area contributed by atoms with Gasteiger partial charge in [-0.3, -0.25) is 4.99 Å². The number of ether oxygens (including phenoxy) is 2. The Morgan fingerprint density at radius 1 is 0.462 bits per heavy atom. The molecule has 0 atom stereocenters. The molecule has 0 bridgehead atoms. The van der Waals surface area contributed by atoms with Crippen LogP contribution in [0.3, 0.4) is 0 Å². The van der Waals surface area contributed by atoms with Gasteiger partial charge < -0.3 is 9.47 Å². The summed E-state index contributed by atoms with van der Waals surface area (Å²) in [5, 5.41) is 2.38. The molecule has 10 rings (SSSR count). The fourth-order valence-electron chi connectivity index (χ4n) is 8.15. The first-order chi connectivity index (χ1) is 25.8. The molecule has 0 unspecified atom stereocenters. The number of nitrogens with zero attached hydrogens (tertiary/aromatic N) is 1. The fourth-order valence-corrected chi connectivity index (χ4v) is 8.15. The predicted molar refractivity (Wildman–Crippen MR) is 210 cm³/mol. The summed E-state index contributed by atoms with van der Waals surface area (Å²) in [5.74, 6) is 2.79. The van der Waals surface area contributed by atoms with Crippen molar-refractivity contribution in [2.75, 3.05) is 0 Å². The van der Waals surface area contributed by atoms with Gasteiger partial charge >= 0.3 is 0 Å². The van der Waals surface area contributed by atoms with Crippen LogP contribution in [-0.4, -0.2) is 5.71 Å². The van der Waals surface area contributed by atoms with E-state index in [4.69, 9.17) is 14.5 Å². The minimum Gasteiger partial charge on any atom is -0.449 e. The average molecular weight is 668 g/mol. The highest BCUT2D eigenvalue weighted by atomic mass is 16.6. The van der Waals surface area contributed by atoms with Gasteiger partial charge in [-0.1, -0.05) is 158 Å². The summed E-state index contributed by atoms with van der Waals surface area (Å²) < 4.78 is 13.7. The fraction of sp³-hybridized carbons (Fsp3) is 0.0408. The van der Waals surface area contributed by atoms with Gasteiger partial charge in [0.25, 0.3) is 0 Å². The van der Waals surface area contributed by atoms with Crippen molar-refractivity contribution in [2.24, 2.45) is 4.99 Å². The van der Waals surface area contributed by atoms with Crippen LogP contribution in [0.15, 0.2) is 193 Å². The summed E-state index contributed by atoms with van der Waals surface area (Å²) in [5.41, 5.74) is 10.6. The molecule has 0 N–H and O–H groups in total. The van der Waals surface area contributed by atoms with Crippen molar-refractivity contribution in [2.45, 2.75) is 12.0 Å². The second-order valence-corrected chi connectivity index (χ2v) is 13.4. The lowest BCUT2D eigenvalue weighted by Crippen LogP contribution is -2.28. The van der Waals surface area contributed by atoms with Crippen molar-refractivity contribution in [1.29, 1.82) is 0 Å².